The number of nitrogens with zero attached hydrogens (tertiary/aromatic N) is 4. The monoisotopic (exact) mass is 397 g/mol. The fraction of sp³-hybridized carbons (Fsp3) is 0.591. The Hall–Kier alpha value is -2.41. The topological polar surface area (TPSA) is 72.3 Å². The van der Waals surface area contributed by atoms with Gasteiger partial charge < -0.3 is 14.6 Å². The van der Waals surface area contributed by atoms with Gasteiger partial charge in [-0.1, -0.05) is 12.1 Å². The van der Waals surface area contributed by atoms with Gasteiger partial charge in [-0.2, -0.15) is 0 Å². The third kappa shape index (κ3) is 4.29. The minimum Gasteiger partial charge on any atom is -0.497 e. The number of carbonyl (C=O) groups is 1. The number of amides is 1. The van der Waals surface area contributed by atoms with Crippen LogP contribution in [0.4, 0.5) is 0 Å². The summed E-state index contributed by atoms with van der Waals surface area (Å²) in [6.45, 7) is 7.87. The first-order valence-electron chi connectivity index (χ1n) is 10.6. The molecule has 7 heteroatoms. The summed E-state index contributed by atoms with van der Waals surface area (Å²) in [6, 6.07) is 8.41. The molecule has 2 aromatic rings. The molecule has 1 aromatic carbocycles. The summed E-state index contributed by atoms with van der Waals surface area (Å²) in [4.78, 5) is 15.0. The number of piperidine rings is 1. The largest absolute Gasteiger partial charge is 0.497 e. The van der Waals surface area contributed by atoms with Gasteiger partial charge in [0.05, 0.1) is 7.11 Å². The first-order valence-corrected chi connectivity index (χ1v) is 10.6. The van der Waals surface area contributed by atoms with Crippen LogP contribution >= 0.6 is 0 Å². The van der Waals surface area contributed by atoms with E-state index in [-0.39, 0.29) is 17.4 Å². The van der Waals surface area contributed by atoms with Gasteiger partial charge in [0, 0.05) is 25.6 Å². The second-order valence-corrected chi connectivity index (χ2v) is 8.78. The molecule has 7 nitrogen and oxygen atoms in total. The van der Waals surface area contributed by atoms with Crippen LogP contribution in [0, 0.1) is 5.41 Å². The highest BCUT2D eigenvalue weighted by molar-refractivity contribution is 5.90. The number of ether oxygens (including phenoxy) is 1. The maximum atomic E-state index is 12.5. The minimum absolute atomic E-state index is 0.0906. The molecule has 1 saturated heterocycles. The van der Waals surface area contributed by atoms with Gasteiger partial charge in [0.1, 0.15) is 11.6 Å². The van der Waals surface area contributed by atoms with Gasteiger partial charge in [-0.05, 0) is 69.3 Å². The van der Waals surface area contributed by atoms with Crippen molar-refractivity contribution in [1.82, 2.24) is 25.0 Å². The van der Waals surface area contributed by atoms with Gasteiger partial charge in [-0.15, -0.1) is 10.2 Å². The summed E-state index contributed by atoms with van der Waals surface area (Å²) in [7, 11) is 1.71. The van der Waals surface area contributed by atoms with Gasteiger partial charge >= 0.3 is 0 Å². The molecule has 0 aliphatic carbocycles. The zero-order valence-electron chi connectivity index (χ0n) is 17.6. The Bertz CT molecular complexity index is 868. The van der Waals surface area contributed by atoms with Crippen molar-refractivity contribution in [3.05, 3.63) is 41.5 Å². The molecule has 1 fully saturated rings. The Labute approximate surface area is 172 Å². The maximum absolute atomic E-state index is 12.5. The molecule has 2 aliphatic rings. The zero-order valence-corrected chi connectivity index (χ0v) is 17.6. The first kappa shape index (κ1) is 19.9. The Kier molecular flexibility index (Phi) is 5.58. The van der Waals surface area contributed by atoms with Crippen LogP contribution in [0.2, 0.25) is 0 Å². The van der Waals surface area contributed by atoms with E-state index in [1.165, 1.54) is 5.56 Å². The zero-order chi connectivity index (χ0) is 20.4. The quantitative estimate of drug-likeness (QED) is 0.840. The van der Waals surface area contributed by atoms with Crippen molar-refractivity contribution in [2.75, 3.05) is 20.2 Å². The van der Waals surface area contributed by atoms with E-state index in [0.29, 0.717) is 5.82 Å². The molecule has 0 bridgehead atoms. The minimum atomic E-state index is -0.119. The summed E-state index contributed by atoms with van der Waals surface area (Å²) < 4.78 is 7.42. The Balaban J connectivity index is 1.41. The molecule has 4 rings (SSSR count). The highest BCUT2D eigenvalue weighted by atomic mass is 16.5. The molecular formula is C22H31N5O2. The second kappa shape index (κ2) is 8.14. The van der Waals surface area contributed by atoms with Crippen LogP contribution in [0.3, 0.4) is 0 Å². The van der Waals surface area contributed by atoms with Gasteiger partial charge in [0.25, 0.3) is 5.91 Å². The van der Waals surface area contributed by atoms with Crippen LogP contribution < -0.4 is 10.1 Å². The fourth-order valence-corrected chi connectivity index (χ4v) is 4.60. The molecule has 156 valence electrons. The third-order valence-corrected chi connectivity index (χ3v) is 6.28. The number of nitrogens with one attached hydrogen (secondary N) is 1. The average Bonchev–Trinajstić information content (AvgIpc) is 3.12. The number of rotatable bonds is 5. The van der Waals surface area contributed by atoms with Gasteiger partial charge in [-0.3, -0.25) is 9.69 Å². The number of hydrogen-bond acceptors (Lipinski definition) is 5. The molecule has 0 radical (unpaired) electrons. The van der Waals surface area contributed by atoms with Crippen molar-refractivity contribution in [1.29, 1.82) is 0 Å². The molecule has 1 N–H and O–H groups in total. The molecule has 0 unspecified atom stereocenters. The number of likely N-dealkylation sites (tertiary alicyclic amines) is 1. The summed E-state index contributed by atoms with van der Waals surface area (Å²) in [5.41, 5.74) is 1.53. The van der Waals surface area contributed by atoms with Crippen molar-refractivity contribution >= 4 is 5.91 Å². The average molecular weight is 398 g/mol. The number of aryl methyl sites for hydroxylation is 1. The van der Waals surface area contributed by atoms with Crippen LogP contribution in [0.25, 0.3) is 0 Å². The number of aromatic nitrogens is 3. The van der Waals surface area contributed by atoms with Gasteiger partial charge in [0.15, 0.2) is 0 Å². The predicted octanol–water partition coefficient (Wildman–Crippen LogP) is 2.65. The Morgan fingerprint density at radius 3 is 2.76 bits per heavy atom. The smallest absolute Gasteiger partial charge is 0.289 e. The second-order valence-electron chi connectivity index (χ2n) is 8.78. The normalized spacial score (nSPS) is 18.6. The van der Waals surface area contributed by atoms with Crippen LogP contribution in [0.15, 0.2) is 24.3 Å². The molecule has 1 spiro atoms. The Morgan fingerprint density at radius 1 is 1.24 bits per heavy atom. The predicted molar refractivity (Wildman–Crippen MR) is 111 cm³/mol. The summed E-state index contributed by atoms with van der Waals surface area (Å²) in [5.74, 6) is 2.21. The Morgan fingerprint density at radius 2 is 2.03 bits per heavy atom. The lowest BCUT2D eigenvalue weighted by atomic mass is 9.73. The van der Waals surface area contributed by atoms with E-state index in [1.807, 2.05) is 19.9 Å². The molecule has 29 heavy (non-hydrogen) atoms. The van der Waals surface area contributed by atoms with E-state index in [1.54, 1.807) is 7.11 Å². The van der Waals surface area contributed by atoms with Gasteiger partial charge in [-0.25, -0.2) is 0 Å². The molecule has 1 amide bonds. The lowest BCUT2D eigenvalue weighted by Crippen LogP contribution is -2.45. The van der Waals surface area contributed by atoms with Crippen LogP contribution in [-0.4, -0.2) is 51.8 Å². The fourth-order valence-electron chi connectivity index (χ4n) is 4.60. The number of fused-ring (bicyclic) bond motifs is 1. The molecule has 0 saturated carbocycles. The van der Waals surface area contributed by atoms with Crippen molar-refractivity contribution in [2.24, 2.45) is 5.41 Å². The van der Waals surface area contributed by atoms with E-state index in [4.69, 9.17) is 4.74 Å². The van der Waals surface area contributed by atoms with Crippen LogP contribution in [-0.2, 0) is 19.5 Å². The SMILES string of the molecule is COc1cccc(CN2CCC3(CCc4nnc(C(=O)NC(C)C)n4C3)CC2)c1. The number of benzene rings is 1. The number of carbonyl (C=O) groups excluding carboxylic acids is 1. The summed E-state index contributed by atoms with van der Waals surface area (Å²) in [5, 5.41) is 11.4. The highest BCUT2D eigenvalue weighted by Crippen LogP contribution is 2.41. The van der Waals surface area contributed by atoms with E-state index in [9.17, 15) is 4.79 Å². The van der Waals surface area contributed by atoms with E-state index >= 15 is 0 Å². The van der Waals surface area contributed by atoms with Crippen molar-refractivity contribution in [3.63, 3.8) is 0 Å². The van der Waals surface area contributed by atoms with Crippen LogP contribution in [0.1, 0.15) is 55.1 Å². The van der Waals surface area contributed by atoms with E-state index in [2.05, 4.69) is 43.2 Å². The third-order valence-electron chi connectivity index (χ3n) is 6.28. The number of methoxy groups -OCH3 is 1. The molecule has 3 heterocycles. The molecule has 2 aliphatic heterocycles. The van der Waals surface area contributed by atoms with E-state index in [0.717, 1.165) is 63.4 Å². The molecular weight excluding hydrogens is 366 g/mol. The first-order chi connectivity index (χ1) is 14.0. The van der Waals surface area contributed by atoms with Gasteiger partial charge in [0.2, 0.25) is 5.82 Å². The van der Waals surface area contributed by atoms with E-state index < -0.39 is 0 Å². The van der Waals surface area contributed by atoms with Crippen molar-refractivity contribution in [3.8, 4) is 5.75 Å². The highest BCUT2D eigenvalue weighted by Gasteiger charge is 2.39. The molecule has 0 atom stereocenters. The number of hydrogen-bond donors (Lipinski definition) is 1. The maximum Gasteiger partial charge on any atom is 0.289 e. The summed E-state index contributed by atoms with van der Waals surface area (Å²) >= 11 is 0. The standard InChI is InChI=1S/C22H31N5O2/c1-16(2)23-21(28)20-25-24-19-7-8-22(15-27(19)20)9-11-26(12-10-22)14-17-5-4-6-18(13-17)29-3/h4-6,13,16H,7-12,14-15H2,1-3H3,(H,23,28). The lowest BCUT2D eigenvalue weighted by molar-refractivity contribution is 0.0617. The van der Waals surface area contributed by atoms with Crippen molar-refractivity contribution in [2.45, 2.75) is 58.7 Å². The van der Waals surface area contributed by atoms with Crippen molar-refractivity contribution < 1.29 is 9.53 Å². The summed E-state index contributed by atoms with van der Waals surface area (Å²) in [6.07, 6.45) is 4.31. The molecule has 1 aromatic heterocycles. The lowest BCUT2D eigenvalue weighted by Gasteiger charge is -2.44. The van der Waals surface area contributed by atoms with Crippen LogP contribution in [0.5, 0.6) is 5.75 Å².